The summed E-state index contributed by atoms with van der Waals surface area (Å²) in [4.78, 5) is 13.8. The summed E-state index contributed by atoms with van der Waals surface area (Å²) in [5, 5.41) is 11.9. The Kier molecular flexibility index (Phi) is 4.76. The van der Waals surface area contributed by atoms with E-state index in [0.29, 0.717) is 13.2 Å². The van der Waals surface area contributed by atoms with Gasteiger partial charge >= 0.3 is 6.03 Å². The number of urea groups is 1. The molecule has 1 fully saturated rings. The Morgan fingerprint density at radius 3 is 2.95 bits per heavy atom. The minimum atomic E-state index is -0.147. The van der Waals surface area contributed by atoms with Crippen LogP contribution in [0.15, 0.2) is 24.3 Å². The molecule has 5 nitrogen and oxygen atoms in total. The normalized spacial score (nSPS) is 14.2. The Labute approximate surface area is 113 Å². The molecule has 0 atom stereocenters. The SMILES string of the molecule is COCc1cccc(NC(=O)N(CCO)C2CC2)c1. The van der Waals surface area contributed by atoms with Crippen LogP contribution >= 0.6 is 0 Å². The highest BCUT2D eigenvalue weighted by Crippen LogP contribution is 2.27. The zero-order valence-corrected chi connectivity index (χ0v) is 11.1. The van der Waals surface area contributed by atoms with E-state index in [-0.39, 0.29) is 18.7 Å². The first kappa shape index (κ1) is 13.8. The molecule has 1 aromatic carbocycles. The average Bonchev–Trinajstić information content (AvgIpc) is 3.21. The summed E-state index contributed by atoms with van der Waals surface area (Å²) >= 11 is 0. The topological polar surface area (TPSA) is 61.8 Å². The molecule has 5 heteroatoms. The van der Waals surface area contributed by atoms with Gasteiger partial charge < -0.3 is 20.1 Å². The van der Waals surface area contributed by atoms with Gasteiger partial charge in [-0.25, -0.2) is 4.79 Å². The summed E-state index contributed by atoms with van der Waals surface area (Å²) in [5.41, 5.74) is 1.77. The number of methoxy groups -OCH3 is 1. The number of hydrogen-bond acceptors (Lipinski definition) is 3. The van der Waals surface area contributed by atoms with Gasteiger partial charge in [-0.3, -0.25) is 0 Å². The number of aliphatic hydroxyl groups excluding tert-OH is 1. The molecule has 2 amide bonds. The van der Waals surface area contributed by atoms with Gasteiger partial charge in [-0.1, -0.05) is 12.1 Å². The second kappa shape index (κ2) is 6.54. The number of rotatable bonds is 6. The third-order valence-corrected chi connectivity index (χ3v) is 3.08. The van der Waals surface area contributed by atoms with Crippen LogP contribution < -0.4 is 5.32 Å². The quantitative estimate of drug-likeness (QED) is 0.824. The number of benzene rings is 1. The number of nitrogens with one attached hydrogen (secondary N) is 1. The molecule has 1 aromatic rings. The second-order valence-electron chi connectivity index (χ2n) is 4.71. The first-order chi connectivity index (χ1) is 9.24. The molecule has 2 N–H and O–H groups in total. The van der Waals surface area contributed by atoms with E-state index in [0.717, 1.165) is 24.1 Å². The van der Waals surface area contributed by atoms with Gasteiger partial charge in [0.15, 0.2) is 0 Å². The Bertz CT molecular complexity index is 432. The molecule has 0 heterocycles. The van der Waals surface area contributed by atoms with Gasteiger partial charge in [0.2, 0.25) is 0 Å². The van der Waals surface area contributed by atoms with E-state index in [1.807, 2.05) is 24.3 Å². The standard InChI is InChI=1S/C14H20N2O3/c1-19-10-11-3-2-4-12(9-11)15-14(18)16(7-8-17)13-5-6-13/h2-4,9,13,17H,5-8,10H2,1H3,(H,15,18). The van der Waals surface area contributed by atoms with Crippen molar-refractivity contribution in [2.75, 3.05) is 25.6 Å². The van der Waals surface area contributed by atoms with Crippen molar-refractivity contribution in [2.24, 2.45) is 0 Å². The lowest BCUT2D eigenvalue weighted by Crippen LogP contribution is -2.38. The van der Waals surface area contributed by atoms with Crippen LogP contribution in [0.2, 0.25) is 0 Å². The fourth-order valence-corrected chi connectivity index (χ4v) is 2.04. The van der Waals surface area contributed by atoms with E-state index in [2.05, 4.69) is 5.32 Å². The monoisotopic (exact) mass is 264 g/mol. The van der Waals surface area contributed by atoms with Crippen LogP contribution in [0.3, 0.4) is 0 Å². The molecule has 1 aliphatic carbocycles. The first-order valence-corrected chi connectivity index (χ1v) is 6.51. The van der Waals surface area contributed by atoms with E-state index in [1.165, 1.54) is 0 Å². The minimum absolute atomic E-state index is 0.00632. The molecule has 19 heavy (non-hydrogen) atoms. The molecular weight excluding hydrogens is 244 g/mol. The number of ether oxygens (including phenoxy) is 1. The third-order valence-electron chi connectivity index (χ3n) is 3.08. The Balaban J connectivity index is 1.98. The van der Waals surface area contributed by atoms with Crippen LogP contribution in [0, 0.1) is 0 Å². The highest BCUT2D eigenvalue weighted by molar-refractivity contribution is 5.89. The fraction of sp³-hybridized carbons (Fsp3) is 0.500. The number of hydrogen-bond donors (Lipinski definition) is 2. The number of carbonyl (C=O) groups excluding carboxylic acids is 1. The molecule has 0 unspecified atom stereocenters. The highest BCUT2D eigenvalue weighted by Gasteiger charge is 2.32. The molecule has 104 valence electrons. The Morgan fingerprint density at radius 1 is 1.53 bits per heavy atom. The highest BCUT2D eigenvalue weighted by atomic mass is 16.5. The van der Waals surface area contributed by atoms with Crippen molar-refractivity contribution in [1.82, 2.24) is 4.90 Å². The predicted molar refractivity (Wildman–Crippen MR) is 73.0 cm³/mol. The van der Waals surface area contributed by atoms with Gasteiger partial charge in [0.1, 0.15) is 0 Å². The molecular formula is C14H20N2O3. The van der Waals surface area contributed by atoms with Crippen molar-refractivity contribution in [3.8, 4) is 0 Å². The largest absolute Gasteiger partial charge is 0.395 e. The smallest absolute Gasteiger partial charge is 0.322 e. The van der Waals surface area contributed by atoms with E-state index >= 15 is 0 Å². The van der Waals surface area contributed by atoms with Crippen LogP contribution in [-0.4, -0.2) is 42.3 Å². The summed E-state index contributed by atoms with van der Waals surface area (Å²) in [7, 11) is 1.64. The molecule has 0 aliphatic heterocycles. The number of nitrogens with zero attached hydrogens (tertiary/aromatic N) is 1. The summed E-state index contributed by atoms with van der Waals surface area (Å²) in [6, 6.07) is 7.72. The molecule has 1 aliphatic rings. The van der Waals surface area contributed by atoms with Crippen molar-refractivity contribution in [3.63, 3.8) is 0 Å². The maximum atomic E-state index is 12.1. The van der Waals surface area contributed by atoms with Crippen molar-refractivity contribution >= 4 is 11.7 Å². The maximum absolute atomic E-state index is 12.1. The van der Waals surface area contributed by atoms with Crippen LogP contribution in [0.5, 0.6) is 0 Å². The summed E-state index contributed by atoms with van der Waals surface area (Å²) < 4.78 is 5.07. The van der Waals surface area contributed by atoms with Crippen LogP contribution in [-0.2, 0) is 11.3 Å². The van der Waals surface area contributed by atoms with E-state index in [9.17, 15) is 4.79 Å². The van der Waals surface area contributed by atoms with Crippen molar-refractivity contribution in [3.05, 3.63) is 29.8 Å². The van der Waals surface area contributed by atoms with Gasteiger partial charge in [-0.15, -0.1) is 0 Å². The molecule has 1 saturated carbocycles. The van der Waals surface area contributed by atoms with Gasteiger partial charge in [0.05, 0.1) is 13.2 Å². The molecule has 0 spiro atoms. The molecule has 0 saturated heterocycles. The molecule has 0 aromatic heterocycles. The third kappa shape index (κ3) is 3.94. The van der Waals surface area contributed by atoms with Crippen LogP contribution in [0.1, 0.15) is 18.4 Å². The van der Waals surface area contributed by atoms with E-state index in [4.69, 9.17) is 9.84 Å². The molecule has 0 bridgehead atoms. The number of anilines is 1. The Morgan fingerprint density at radius 2 is 2.32 bits per heavy atom. The minimum Gasteiger partial charge on any atom is -0.395 e. The lowest BCUT2D eigenvalue weighted by molar-refractivity contribution is 0.184. The van der Waals surface area contributed by atoms with E-state index in [1.54, 1.807) is 12.0 Å². The average molecular weight is 264 g/mol. The zero-order chi connectivity index (χ0) is 13.7. The number of amides is 2. The number of carbonyl (C=O) groups is 1. The fourth-order valence-electron chi connectivity index (χ4n) is 2.04. The maximum Gasteiger partial charge on any atom is 0.322 e. The van der Waals surface area contributed by atoms with E-state index < -0.39 is 0 Å². The predicted octanol–water partition coefficient (Wildman–Crippen LogP) is 1.82. The second-order valence-corrected chi connectivity index (χ2v) is 4.71. The summed E-state index contributed by atoms with van der Waals surface area (Å²) in [6.45, 7) is 0.897. The van der Waals surface area contributed by atoms with Gasteiger partial charge in [0.25, 0.3) is 0 Å². The first-order valence-electron chi connectivity index (χ1n) is 6.51. The molecule has 2 rings (SSSR count). The van der Waals surface area contributed by atoms with Gasteiger partial charge in [-0.2, -0.15) is 0 Å². The molecule has 0 radical (unpaired) electrons. The summed E-state index contributed by atoms with van der Waals surface area (Å²) in [5.74, 6) is 0. The Hall–Kier alpha value is -1.59. The van der Waals surface area contributed by atoms with Crippen molar-refractivity contribution in [1.29, 1.82) is 0 Å². The lowest BCUT2D eigenvalue weighted by Gasteiger charge is -2.21. The van der Waals surface area contributed by atoms with Crippen molar-refractivity contribution in [2.45, 2.75) is 25.5 Å². The van der Waals surface area contributed by atoms with Gasteiger partial charge in [0, 0.05) is 25.4 Å². The lowest BCUT2D eigenvalue weighted by atomic mass is 10.2. The van der Waals surface area contributed by atoms with Gasteiger partial charge in [-0.05, 0) is 30.5 Å². The van der Waals surface area contributed by atoms with Crippen molar-refractivity contribution < 1.29 is 14.6 Å². The van der Waals surface area contributed by atoms with Crippen LogP contribution in [0.4, 0.5) is 10.5 Å². The number of aliphatic hydroxyl groups is 1. The zero-order valence-electron chi connectivity index (χ0n) is 11.1. The van der Waals surface area contributed by atoms with Crippen LogP contribution in [0.25, 0.3) is 0 Å². The summed E-state index contributed by atoms with van der Waals surface area (Å²) in [6.07, 6.45) is 2.05.